The summed E-state index contributed by atoms with van der Waals surface area (Å²) in [6.45, 7) is 5.39. The van der Waals surface area contributed by atoms with Crippen LogP contribution in [0.3, 0.4) is 0 Å². The van der Waals surface area contributed by atoms with Crippen LogP contribution in [0.2, 0.25) is 10.0 Å². The highest BCUT2D eigenvalue weighted by atomic mass is 35.5. The lowest BCUT2D eigenvalue weighted by Crippen LogP contribution is -2.45. The molecule has 0 saturated carbocycles. The van der Waals surface area contributed by atoms with Gasteiger partial charge in [-0.1, -0.05) is 43.1 Å². The third kappa shape index (κ3) is 4.75. The minimum Gasteiger partial charge on any atom is -0.354 e. The molecule has 0 saturated heterocycles. The fourth-order valence-electron chi connectivity index (χ4n) is 2.37. The first kappa shape index (κ1) is 20.5. The van der Waals surface area contributed by atoms with Crippen molar-refractivity contribution in [3.05, 3.63) is 33.8 Å². The van der Waals surface area contributed by atoms with Crippen molar-refractivity contribution < 1.29 is 4.79 Å². The lowest BCUT2D eigenvalue weighted by molar-refractivity contribution is -0.127. The minimum atomic E-state index is -0.554. The molecule has 0 spiro atoms. The van der Waals surface area contributed by atoms with Crippen LogP contribution < -0.4 is 10.6 Å². The number of carbonyl (C=O) groups excluding carboxylic acids is 1. The number of nitrogens with one attached hydrogen (secondary N) is 2. The molecule has 0 aliphatic carbocycles. The molecule has 0 fully saturated rings. The normalized spacial score (nSPS) is 10.9. The fourth-order valence-corrected chi connectivity index (χ4v) is 2.67. The predicted molar refractivity (Wildman–Crippen MR) is 92.9 cm³/mol. The fraction of sp³-hybridized carbons (Fsp3) is 0.533. The second kappa shape index (κ2) is 9.52. The SMILES string of the molecule is CCC(CC)(C(=O)NCCNC)c1ccc(Cl)c(Cl)c1.Cl. The first-order valence-electron chi connectivity index (χ1n) is 6.90. The number of rotatable bonds is 7. The van der Waals surface area contributed by atoms with Crippen LogP contribution in [0.15, 0.2) is 18.2 Å². The molecule has 0 aromatic heterocycles. The number of hydrogen-bond donors (Lipinski definition) is 2. The lowest BCUT2D eigenvalue weighted by Gasteiger charge is -2.31. The van der Waals surface area contributed by atoms with E-state index in [-0.39, 0.29) is 18.3 Å². The van der Waals surface area contributed by atoms with Crippen molar-refractivity contribution in [3.63, 3.8) is 0 Å². The quantitative estimate of drug-likeness (QED) is 0.732. The van der Waals surface area contributed by atoms with E-state index in [4.69, 9.17) is 23.2 Å². The smallest absolute Gasteiger partial charge is 0.230 e. The Morgan fingerprint density at radius 3 is 2.24 bits per heavy atom. The largest absolute Gasteiger partial charge is 0.354 e. The number of benzene rings is 1. The van der Waals surface area contributed by atoms with E-state index in [1.165, 1.54) is 0 Å². The van der Waals surface area contributed by atoms with Gasteiger partial charge in [0.25, 0.3) is 0 Å². The average molecular weight is 354 g/mol. The van der Waals surface area contributed by atoms with E-state index in [1.54, 1.807) is 12.1 Å². The van der Waals surface area contributed by atoms with Crippen LogP contribution in [0.1, 0.15) is 32.3 Å². The molecule has 0 unspecified atom stereocenters. The van der Waals surface area contributed by atoms with E-state index in [2.05, 4.69) is 10.6 Å². The molecule has 6 heteroatoms. The molecule has 0 atom stereocenters. The van der Waals surface area contributed by atoms with Crippen LogP contribution >= 0.6 is 35.6 Å². The zero-order valence-corrected chi connectivity index (χ0v) is 15.0. The number of amides is 1. The highest BCUT2D eigenvalue weighted by molar-refractivity contribution is 6.42. The van der Waals surface area contributed by atoms with E-state index in [0.29, 0.717) is 29.4 Å². The van der Waals surface area contributed by atoms with Gasteiger partial charge in [0.05, 0.1) is 15.5 Å². The second-order valence-electron chi connectivity index (χ2n) is 4.78. The number of likely N-dealkylation sites (N-methyl/N-ethyl adjacent to an activating group) is 1. The topological polar surface area (TPSA) is 41.1 Å². The van der Waals surface area contributed by atoms with Crippen LogP contribution in [-0.4, -0.2) is 26.0 Å². The molecule has 0 heterocycles. The van der Waals surface area contributed by atoms with Gasteiger partial charge in [-0.05, 0) is 37.6 Å². The summed E-state index contributed by atoms with van der Waals surface area (Å²) in [5, 5.41) is 6.99. The Morgan fingerprint density at radius 1 is 1.14 bits per heavy atom. The Bertz CT molecular complexity index is 462. The summed E-state index contributed by atoms with van der Waals surface area (Å²) in [4.78, 5) is 12.6. The molecular weight excluding hydrogens is 331 g/mol. The van der Waals surface area contributed by atoms with Crippen molar-refractivity contribution >= 4 is 41.5 Å². The van der Waals surface area contributed by atoms with Crippen LogP contribution in [0.25, 0.3) is 0 Å². The summed E-state index contributed by atoms with van der Waals surface area (Å²) in [5.74, 6) is 0.0381. The Kier molecular flexibility index (Phi) is 9.30. The van der Waals surface area contributed by atoms with Gasteiger partial charge in [0.15, 0.2) is 0 Å². The summed E-state index contributed by atoms with van der Waals surface area (Å²) in [6, 6.07) is 5.44. The first-order valence-corrected chi connectivity index (χ1v) is 7.65. The maximum atomic E-state index is 12.6. The van der Waals surface area contributed by atoms with E-state index in [0.717, 1.165) is 12.1 Å². The van der Waals surface area contributed by atoms with Gasteiger partial charge in [0.2, 0.25) is 5.91 Å². The van der Waals surface area contributed by atoms with Crippen LogP contribution in [0.4, 0.5) is 0 Å². The molecule has 1 aromatic carbocycles. The van der Waals surface area contributed by atoms with Gasteiger partial charge in [-0.3, -0.25) is 4.79 Å². The third-order valence-corrected chi connectivity index (χ3v) is 4.51. The molecule has 21 heavy (non-hydrogen) atoms. The summed E-state index contributed by atoms with van der Waals surface area (Å²) in [5.41, 5.74) is 0.362. The first-order chi connectivity index (χ1) is 9.51. The Labute approximate surface area is 143 Å². The van der Waals surface area contributed by atoms with Gasteiger partial charge < -0.3 is 10.6 Å². The third-order valence-electron chi connectivity index (χ3n) is 3.77. The highest BCUT2D eigenvalue weighted by Crippen LogP contribution is 2.35. The van der Waals surface area contributed by atoms with E-state index < -0.39 is 5.41 Å². The molecule has 120 valence electrons. The number of carbonyl (C=O) groups is 1. The maximum absolute atomic E-state index is 12.6. The Balaban J connectivity index is 0.00000400. The van der Waals surface area contributed by atoms with Gasteiger partial charge >= 0.3 is 0 Å². The van der Waals surface area contributed by atoms with Crippen molar-refractivity contribution in [2.24, 2.45) is 0 Å². The van der Waals surface area contributed by atoms with Gasteiger partial charge in [0, 0.05) is 13.1 Å². The van der Waals surface area contributed by atoms with Crippen molar-refractivity contribution in [2.45, 2.75) is 32.1 Å². The van der Waals surface area contributed by atoms with Crippen LogP contribution in [0, 0.1) is 0 Å². The van der Waals surface area contributed by atoms with Crippen LogP contribution in [-0.2, 0) is 10.2 Å². The zero-order valence-electron chi connectivity index (χ0n) is 12.6. The van der Waals surface area contributed by atoms with Crippen LogP contribution in [0.5, 0.6) is 0 Å². The predicted octanol–water partition coefficient (Wildman–Crippen LogP) is 3.81. The van der Waals surface area contributed by atoms with Gasteiger partial charge in [-0.2, -0.15) is 0 Å². The molecule has 0 aliphatic rings. The molecule has 0 radical (unpaired) electrons. The molecule has 0 bridgehead atoms. The standard InChI is InChI=1S/C15H22Cl2N2O.ClH/c1-4-15(5-2,14(20)19-9-8-18-3)11-6-7-12(16)13(17)10-11;/h6-7,10,18H,4-5,8-9H2,1-3H3,(H,19,20);1H. The summed E-state index contributed by atoms with van der Waals surface area (Å²) in [7, 11) is 1.86. The summed E-state index contributed by atoms with van der Waals surface area (Å²) in [6.07, 6.45) is 1.43. The van der Waals surface area contributed by atoms with E-state index in [9.17, 15) is 4.79 Å². The minimum absolute atomic E-state index is 0. The average Bonchev–Trinajstić information content (AvgIpc) is 2.45. The molecule has 0 aliphatic heterocycles. The lowest BCUT2D eigenvalue weighted by atomic mass is 9.75. The van der Waals surface area contributed by atoms with Gasteiger partial charge in [-0.25, -0.2) is 0 Å². The number of hydrogen-bond acceptors (Lipinski definition) is 2. The highest BCUT2D eigenvalue weighted by Gasteiger charge is 2.36. The summed E-state index contributed by atoms with van der Waals surface area (Å²) >= 11 is 12.0. The Hall–Kier alpha value is -0.480. The molecule has 2 N–H and O–H groups in total. The zero-order chi connectivity index (χ0) is 15.2. The second-order valence-corrected chi connectivity index (χ2v) is 5.59. The molecule has 1 aromatic rings. The molecule has 1 rings (SSSR count). The van der Waals surface area contributed by atoms with Gasteiger partial charge in [0.1, 0.15) is 0 Å². The van der Waals surface area contributed by atoms with Crippen molar-refractivity contribution in [2.75, 3.05) is 20.1 Å². The van der Waals surface area contributed by atoms with E-state index >= 15 is 0 Å². The van der Waals surface area contributed by atoms with Crippen molar-refractivity contribution in [1.82, 2.24) is 10.6 Å². The maximum Gasteiger partial charge on any atom is 0.230 e. The monoisotopic (exact) mass is 352 g/mol. The number of halogens is 3. The Morgan fingerprint density at radius 2 is 1.76 bits per heavy atom. The molecular formula is C15H23Cl3N2O. The van der Waals surface area contributed by atoms with Gasteiger partial charge in [-0.15, -0.1) is 12.4 Å². The molecule has 3 nitrogen and oxygen atoms in total. The van der Waals surface area contributed by atoms with Crippen molar-refractivity contribution in [1.29, 1.82) is 0 Å². The summed E-state index contributed by atoms with van der Waals surface area (Å²) < 4.78 is 0. The van der Waals surface area contributed by atoms with Crippen molar-refractivity contribution in [3.8, 4) is 0 Å². The molecule has 1 amide bonds. The van der Waals surface area contributed by atoms with E-state index in [1.807, 2.05) is 27.0 Å².